The maximum atomic E-state index is 11.6. The van der Waals surface area contributed by atoms with Crippen LogP contribution in [0.3, 0.4) is 0 Å². The van der Waals surface area contributed by atoms with Gasteiger partial charge in [-0.15, -0.1) is 0 Å². The predicted molar refractivity (Wildman–Crippen MR) is 103 cm³/mol. The molecule has 6 nitrogen and oxygen atoms in total. The van der Waals surface area contributed by atoms with Crippen molar-refractivity contribution in [1.82, 2.24) is 20.9 Å². The minimum atomic E-state index is -0.0675. The highest BCUT2D eigenvalue weighted by Crippen LogP contribution is 2.15. The molecule has 25 heavy (non-hydrogen) atoms. The van der Waals surface area contributed by atoms with Gasteiger partial charge in [0.25, 0.3) is 5.91 Å². The second-order valence-electron chi connectivity index (χ2n) is 6.28. The topological polar surface area (TPSA) is 68.8 Å². The minimum Gasteiger partial charge on any atom is -0.357 e. The summed E-state index contributed by atoms with van der Waals surface area (Å²) in [5.74, 6) is 0.780. The molecular weight excluding hydrogens is 314 g/mol. The Kier molecular flexibility index (Phi) is 7.73. The zero-order valence-electron chi connectivity index (χ0n) is 15.6. The Balaban J connectivity index is 1.91. The summed E-state index contributed by atoms with van der Waals surface area (Å²) in [6.07, 6.45) is 2.53. The molecule has 0 aliphatic carbocycles. The summed E-state index contributed by atoms with van der Waals surface area (Å²) >= 11 is 0. The molecule has 1 aromatic rings. The number of hydrogen-bond acceptors (Lipinski definition) is 3. The lowest BCUT2D eigenvalue weighted by Gasteiger charge is -2.24. The van der Waals surface area contributed by atoms with Crippen LogP contribution in [-0.4, -0.2) is 56.0 Å². The first kappa shape index (κ1) is 19.2. The van der Waals surface area contributed by atoms with E-state index in [-0.39, 0.29) is 5.91 Å². The van der Waals surface area contributed by atoms with Crippen LogP contribution < -0.4 is 16.0 Å². The van der Waals surface area contributed by atoms with Gasteiger partial charge in [-0.2, -0.15) is 0 Å². The fourth-order valence-electron chi connectivity index (χ4n) is 3.18. The van der Waals surface area contributed by atoms with Crippen molar-refractivity contribution >= 4 is 11.9 Å². The van der Waals surface area contributed by atoms with Crippen molar-refractivity contribution in [2.75, 3.05) is 33.2 Å². The third-order valence-electron chi connectivity index (χ3n) is 4.62. The van der Waals surface area contributed by atoms with E-state index < -0.39 is 0 Å². The van der Waals surface area contributed by atoms with Crippen molar-refractivity contribution in [2.24, 2.45) is 4.99 Å². The third-order valence-corrected chi connectivity index (χ3v) is 4.62. The number of nitrogens with one attached hydrogen (secondary N) is 3. The van der Waals surface area contributed by atoms with E-state index in [1.54, 1.807) is 7.05 Å². The zero-order chi connectivity index (χ0) is 18.1. The molecular formula is C19H31N5O. The predicted octanol–water partition coefficient (Wildman–Crippen LogP) is 1.59. The van der Waals surface area contributed by atoms with E-state index in [2.05, 4.69) is 39.7 Å². The normalized spacial score (nSPS) is 18.2. The zero-order valence-corrected chi connectivity index (χ0v) is 15.6. The number of aliphatic imine (C=N–C) groups is 1. The Bertz CT molecular complexity index is 570. The number of carbonyl (C=O) groups excluding carboxylic acids is 1. The Morgan fingerprint density at radius 2 is 2.00 bits per heavy atom. The third kappa shape index (κ3) is 5.74. The summed E-state index contributed by atoms with van der Waals surface area (Å²) in [7, 11) is 1.64. The van der Waals surface area contributed by atoms with Crippen molar-refractivity contribution in [2.45, 2.75) is 39.3 Å². The first-order valence-electron chi connectivity index (χ1n) is 9.25. The van der Waals surface area contributed by atoms with Crippen LogP contribution in [0.4, 0.5) is 0 Å². The molecule has 1 aliphatic rings. The molecule has 1 amide bonds. The number of nitrogens with zero attached hydrogens (tertiary/aromatic N) is 2. The summed E-state index contributed by atoms with van der Waals surface area (Å²) in [4.78, 5) is 18.8. The molecule has 138 valence electrons. The lowest BCUT2D eigenvalue weighted by molar-refractivity contribution is 0.0963. The highest BCUT2D eigenvalue weighted by atomic mass is 16.1. The van der Waals surface area contributed by atoms with E-state index in [1.807, 2.05) is 24.3 Å². The standard InChI is InChI=1S/C19H31N5O/c1-4-21-19(23-14-17-7-6-12-24(17)5-2)22-13-15-8-10-16(11-9-15)18(25)20-3/h8-11,17H,4-7,12-14H2,1-3H3,(H,20,25)(H2,21,22,23). The van der Waals surface area contributed by atoms with Gasteiger partial charge < -0.3 is 16.0 Å². The molecule has 1 atom stereocenters. The second kappa shape index (κ2) is 10.0. The highest BCUT2D eigenvalue weighted by Gasteiger charge is 2.22. The number of likely N-dealkylation sites (tertiary alicyclic amines) is 1. The molecule has 0 radical (unpaired) electrons. The fourth-order valence-corrected chi connectivity index (χ4v) is 3.18. The smallest absolute Gasteiger partial charge is 0.251 e. The van der Waals surface area contributed by atoms with Crippen LogP contribution in [0.25, 0.3) is 0 Å². The molecule has 0 saturated carbocycles. The Labute approximate surface area is 151 Å². The van der Waals surface area contributed by atoms with Gasteiger partial charge in [0.1, 0.15) is 0 Å². The number of likely N-dealkylation sites (N-methyl/N-ethyl adjacent to an activating group) is 1. The number of hydrogen-bond donors (Lipinski definition) is 3. The van der Waals surface area contributed by atoms with Crippen molar-refractivity contribution in [3.05, 3.63) is 35.4 Å². The molecule has 2 rings (SSSR count). The SMILES string of the molecule is CCNC(=NCc1ccc(C(=O)NC)cc1)NCC1CCCN1CC. The van der Waals surface area contributed by atoms with E-state index >= 15 is 0 Å². The first-order chi connectivity index (χ1) is 12.2. The van der Waals surface area contributed by atoms with Gasteiger partial charge in [0.15, 0.2) is 5.96 Å². The van der Waals surface area contributed by atoms with Crippen LogP contribution >= 0.6 is 0 Å². The van der Waals surface area contributed by atoms with Gasteiger partial charge in [-0.1, -0.05) is 19.1 Å². The molecule has 1 fully saturated rings. The number of guanidine groups is 1. The average Bonchev–Trinajstić information content (AvgIpc) is 3.11. The van der Waals surface area contributed by atoms with Crippen LogP contribution in [0, 0.1) is 0 Å². The van der Waals surface area contributed by atoms with Gasteiger partial charge in [-0.25, -0.2) is 4.99 Å². The average molecular weight is 345 g/mol. The maximum absolute atomic E-state index is 11.6. The van der Waals surface area contributed by atoms with Crippen LogP contribution in [0.1, 0.15) is 42.6 Å². The summed E-state index contributed by atoms with van der Waals surface area (Å²) in [5.41, 5.74) is 1.75. The molecule has 6 heteroatoms. The molecule has 1 unspecified atom stereocenters. The van der Waals surface area contributed by atoms with Crippen molar-refractivity contribution < 1.29 is 4.79 Å². The van der Waals surface area contributed by atoms with E-state index in [9.17, 15) is 4.79 Å². The van der Waals surface area contributed by atoms with Crippen molar-refractivity contribution in [3.63, 3.8) is 0 Å². The summed E-state index contributed by atoms with van der Waals surface area (Å²) in [6.45, 7) is 8.96. The van der Waals surface area contributed by atoms with Crippen LogP contribution in [0.15, 0.2) is 29.3 Å². The number of carbonyl (C=O) groups is 1. The fraction of sp³-hybridized carbons (Fsp3) is 0.579. The lowest BCUT2D eigenvalue weighted by Crippen LogP contribution is -2.44. The molecule has 1 aliphatic heterocycles. The quantitative estimate of drug-likeness (QED) is 0.518. The van der Waals surface area contributed by atoms with E-state index in [4.69, 9.17) is 0 Å². The second-order valence-corrected chi connectivity index (χ2v) is 6.28. The van der Waals surface area contributed by atoms with E-state index in [0.717, 1.165) is 31.2 Å². The van der Waals surface area contributed by atoms with Gasteiger partial charge in [0.2, 0.25) is 0 Å². The number of amides is 1. The Morgan fingerprint density at radius 1 is 1.24 bits per heavy atom. The number of rotatable bonds is 7. The van der Waals surface area contributed by atoms with E-state index in [1.165, 1.54) is 19.4 Å². The van der Waals surface area contributed by atoms with Crippen molar-refractivity contribution in [3.8, 4) is 0 Å². The first-order valence-corrected chi connectivity index (χ1v) is 9.25. The molecule has 3 N–H and O–H groups in total. The summed E-state index contributed by atoms with van der Waals surface area (Å²) in [5, 5.41) is 9.40. The Morgan fingerprint density at radius 3 is 2.64 bits per heavy atom. The largest absolute Gasteiger partial charge is 0.357 e. The van der Waals surface area contributed by atoms with Crippen LogP contribution in [0.2, 0.25) is 0 Å². The lowest BCUT2D eigenvalue weighted by atomic mass is 10.1. The van der Waals surface area contributed by atoms with Gasteiger partial charge in [0.05, 0.1) is 6.54 Å². The molecule has 1 saturated heterocycles. The molecule has 1 aromatic carbocycles. The van der Waals surface area contributed by atoms with E-state index in [0.29, 0.717) is 18.2 Å². The molecule has 0 bridgehead atoms. The molecule has 0 aromatic heterocycles. The highest BCUT2D eigenvalue weighted by molar-refractivity contribution is 5.93. The van der Waals surface area contributed by atoms with Crippen LogP contribution in [-0.2, 0) is 6.54 Å². The summed E-state index contributed by atoms with van der Waals surface area (Å²) < 4.78 is 0. The minimum absolute atomic E-state index is 0.0675. The van der Waals surface area contributed by atoms with Gasteiger partial charge in [-0.05, 0) is 50.6 Å². The van der Waals surface area contributed by atoms with Gasteiger partial charge >= 0.3 is 0 Å². The van der Waals surface area contributed by atoms with Crippen molar-refractivity contribution in [1.29, 1.82) is 0 Å². The Hall–Kier alpha value is -2.08. The molecule has 1 heterocycles. The molecule has 0 spiro atoms. The maximum Gasteiger partial charge on any atom is 0.251 e. The summed E-state index contributed by atoms with van der Waals surface area (Å²) in [6, 6.07) is 8.17. The van der Waals surface area contributed by atoms with Gasteiger partial charge in [0, 0.05) is 31.7 Å². The van der Waals surface area contributed by atoms with Crippen LogP contribution in [0.5, 0.6) is 0 Å². The number of benzene rings is 1. The van der Waals surface area contributed by atoms with Gasteiger partial charge in [-0.3, -0.25) is 9.69 Å². The monoisotopic (exact) mass is 345 g/mol.